The molecule has 0 bridgehead atoms. The van der Waals surface area contributed by atoms with Gasteiger partial charge >= 0.3 is 0 Å². The quantitative estimate of drug-likeness (QED) is 0.713. The summed E-state index contributed by atoms with van der Waals surface area (Å²) in [7, 11) is 0. The molecular weight excluding hydrogens is 214 g/mol. The number of rotatable bonds is 2. The van der Waals surface area contributed by atoms with E-state index in [1.165, 1.54) is 5.39 Å². The number of nitrogens with two attached hydrogens (primary N) is 1. The van der Waals surface area contributed by atoms with Gasteiger partial charge in [-0.15, -0.1) is 5.10 Å². The summed E-state index contributed by atoms with van der Waals surface area (Å²) in [4.78, 5) is 0. The summed E-state index contributed by atoms with van der Waals surface area (Å²) in [5.41, 5.74) is 6.51. The smallest absolute Gasteiger partial charge is 0.170 e. The molecule has 5 nitrogen and oxygen atoms in total. The van der Waals surface area contributed by atoms with Gasteiger partial charge in [0.15, 0.2) is 5.82 Å². The molecule has 0 radical (unpaired) electrons. The third-order valence-electron chi connectivity index (χ3n) is 2.69. The van der Waals surface area contributed by atoms with Gasteiger partial charge in [-0.1, -0.05) is 30.3 Å². The number of hydrogen-bond donors (Lipinski definition) is 1. The van der Waals surface area contributed by atoms with E-state index in [9.17, 15) is 0 Å². The molecule has 0 saturated heterocycles. The highest BCUT2D eigenvalue weighted by atomic mass is 15.5. The molecule has 2 aromatic carbocycles. The van der Waals surface area contributed by atoms with Crippen molar-refractivity contribution in [1.29, 1.82) is 0 Å². The van der Waals surface area contributed by atoms with E-state index in [0.717, 1.165) is 11.1 Å². The summed E-state index contributed by atoms with van der Waals surface area (Å²) in [5, 5.41) is 13.8. The molecule has 0 amide bonds. The van der Waals surface area contributed by atoms with E-state index in [0.29, 0.717) is 12.4 Å². The highest BCUT2D eigenvalue weighted by Gasteiger charge is 2.06. The average Bonchev–Trinajstić information content (AvgIpc) is 2.86. The van der Waals surface area contributed by atoms with Crippen molar-refractivity contribution in [3.05, 3.63) is 48.3 Å². The van der Waals surface area contributed by atoms with Gasteiger partial charge < -0.3 is 5.73 Å². The van der Waals surface area contributed by atoms with Gasteiger partial charge in [-0.05, 0) is 33.3 Å². The van der Waals surface area contributed by atoms with Gasteiger partial charge in [0.25, 0.3) is 0 Å². The minimum absolute atomic E-state index is 0.319. The zero-order valence-corrected chi connectivity index (χ0v) is 9.11. The predicted octanol–water partition coefficient (Wildman–Crippen LogP) is 1.27. The standard InChI is InChI=1S/C12H11N5/c13-8-12-14-15-16-17(12)11-6-5-9-3-1-2-4-10(9)7-11/h1-7H,8,13H2. The van der Waals surface area contributed by atoms with Crippen LogP contribution in [0.4, 0.5) is 0 Å². The molecule has 0 unspecified atom stereocenters. The van der Waals surface area contributed by atoms with E-state index in [-0.39, 0.29) is 0 Å². The van der Waals surface area contributed by atoms with Crippen LogP contribution in [0, 0.1) is 0 Å². The molecule has 1 heterocycles. The first kappa shape index (κ1) is 9.92. The van der Waals surface area contributed by atoms with Crippen molar-refractivity contribution in [1.82, 2.24) is 20.2 Å². The predicted molar refractivity (Wildman–Crippen MR) is 64.6 cm³/mol. The molecule has 0 aliphatic carbocycles. The van der Waals surface area contributed by atoms with Gasteiger partial charge in [-0.2, -0.15) is 4.68 Å². The summed E-state index contributed by atoms with van der Waals surface area (Å²) in [5.74, 6) is 0.653. The Labute approximate surface area is 97.9 Å². The zero-order valence-electron chi connectivity index (χ0n) is 9.11. The van der Waals surface area contributed by atoms with Gasteiger partial charge in [0.2, 0.25) is 0 Å². The molecule has 0 fully saturated rings. The maximum Gasteiger partial charge on any atom is 0.170 e. The summed E-state index contributed by atoms with van der Waals surface area (Å²) in [6.07, 6.45) is 0. The fourth-order valence-corrected chi connectivity index (χ4v) is 1.84. The van der Waals surface area contributed by atoms with Crippen molar-refractivity contribution in [3.63, 3.8) is 0 Å². The van der Waals surface area contributed by atoms with Gasteiger partial charge in [-0.25, -0.2) is 0 Å². The number of benzene rings is 2. The fraction of sp³-hybridized carbons (Fsp3) is 0.0833. The van der Waals surface area contributed by atoms with E-state index < -0.39 is 0 Å². The Kier molecular flexibility index (Phi) is 2.31. The van der Waals surface area contributed by atoms with Crippen LogP contribution in [0.3, 0.4) is 0 Å². The normalized spacial score (nSPS) is 10.9. The second-order valence-electron chi connectivity index (χ2n) is 3.74. The maximum absolute atomic E-state index is 5.58. The number of aromatic nitrogens is 4. The molecule has 3 aromatic rings. The summed E-state index contributed by atoms with van der Waals surface area (Å²) in [6, 6.07) is 14.2. The molecule has 0 spiro atoms. The van der Waals surface area contributed by atoms with Gasteiger partial charge in [0.05, 0.1) is 12.2 Å². The van der Waals surface area contributed by atoms with E-state index in [4.69, 9.17) is 5.73 Å². The van der Waals surface area contributed by atoms with E-state index >= 15 is 0 Å². The topological polar surface area (TPSA) is 69.6 Å². The Morgan fingerprint density at radius 2 is 1.88 bits per heavy atom. The van der Waals surface area contributed by atoms with Crippen LogP contribution in [0.1, 0.15) is 5.82 Å². The minimum atomic E-state index is 0.319. The Balaban J connectivity index is 2.18. The van der Waals surface area contributed by atoms with Crippen LogP contribution in [-0.2, 0) is 6.54 Å². The number of tetrazole rings is 1. The van der Waals surface area contributed by atoms with Crippen LogP contribution in [-0.4, -0.2) is 20.2 Å². The minimum Gasteiger partial charge on any atom is -0.324 e. The van der Waals surface area contributed by atoms with Crippen molar-refractivity contribution in [3.8, 4) is 5.69 Å². The molecule has 17 heavy (non-hydrogen) atoms. The maximum atomic E-state index is 5.58. The van der Waals surface area contributed by atoms with Crippen molar-refractivity contribution in [2.75, 3.05) is 0 Å². The Bertz CT molecular complexity index is 659. The lowest BCUT2D eigenvalue weighted by atomic mass is 10.1. The highest BCUT2D eigenvalue weighted by Crippen LogP contribution is 2.18. The van der Waals surface area contributed by atoms with Crippen LogP contribution in [0.15, 0.2) is 42.5 Å². The first-order valence-corrected chi connectivity index (χ1v) is 5.35. The van der Waals surface area contributed by atoms with Crippen molar-refractivity contribution in [2.24, 2.45) is 5.73 Å². The summed E-state index contributed by atoms with van der Waals surface area (Å²) in [6.45, 7) is 0.319. The lowest BCUT2D eigenvalue weighted by Gasteiger charge is -2.04. The molecular formula is C12H11N5. The highest BCUT2D eigenvalue weighted by molar-refractivity contribution is 5.84. The molecule has 0 saturated carbocycles. The van der Waals surface area contributed by atoms with E-state index in [1.54, 1.807) is 4.68 Å². The molecule has 3 rings (SSSR count). The van der Waals surface area contributed by atoms with Gasteiger partial charge in [0, 0.05) is 0 Å². The lowest BCUT2D eigenvalue weighted by molar-refractivity contribution is 0.762. The Morgan fingerprint density at radius 3 is 2.71 bits per heavy atom. The number of hydrogen-bond acceptors (Lipinski definition) is 4. The second-order valence-corrected chi connectivity index (χ2v) is 3.74. The second kappa shape index (κ2) is 3.95. The molecule has 1 aromatic heterocycles. The van der Waals surface area contributed by atoms with Crippen LogP contribution < -0.4 is 5.73 Å². The molecule has 0 aliphatic rings. The largest absolute Gasteiger partial charge is 0.324 e. The third kappa shape index (κ3) is 1.66. The van der Waals surface area contributed by atoms with Crippen LogP contribution in [0.5, 0.6) is 0 Å². The van der Waals surface area contributed by atoms with Crippen LogP contribution in [0.2, 0.25) is 0 Å². The van der Waals surface area contributed by atoms with E-state index in [1.807, 2.05) is 30.3 Å². The number of fused-ring (bicyclic) bond motifs is 1. The third-order valence-corrected chi connectivity index (χ3v) is 2.69. The summed E-state index contributed by atoms with van der Waals surface area (Å²) < 4.78 is 1.66. The summed E-state index contributed by atoms with van der Waals surface area (Å²) >= 11 is 0. The van der Waals surface area contributed by atoms with Crippen molar-refractivity contribution in [2.45, 2.75) is 6.54 Å². The Morgan fingerprint density at radius 1 is 1.06 bits per heavy atom. The molecule has 5 heteroatoms. The zero-order chi connectivity index (χ0) is 11.7. The number of nitrogens with zero attached hydrogens (tertiary/aromatic N) is 4. The van der Waals surface area contributed by atoms with E-state index in [2.05, 4.69) is 27.7 Å². The first-order valence-electron chi connectivity index (χ1n) is 5.35. The van der Waals surface area contributed by atoms with Crippen molar-refractivity contribution >= 4 is 10.8 Å². The molecule has 2 N–H and O–H groups in total. The molecule has 0 aliphatic heterocycles. The first-order chi connectivity index (χ1) is 8.38. The molecule has 0 atom stereocenters. The van der Waals surface area contributed by atoms with Crippen LogP contribution in [0.25, 0.3) is 16.5 Å². The SMILES string of the molecule is NCc1nnnn1-c1ccc2ccccc2c1. The molecule has 84 valence electrons. The monoisotopic (exact) mass is 225 g/mol. The lowest BCUT2D eigenvalue weighted by Crippen LogP contribution is -2.07. The van der Waals surface area contributed by atoms with Gasteiger partial charge in [0.1, 0.15) is 0 Å². The van der Waals surface area contributed by atoms with Crippen LogP contribution >= 0.6 is 0 Å². The van der Waals surface area contributed by atoms with Crippen molar-refractivity contribution < 1.29 is 0 Å². The fourth-order valence-electron chi connectivity index (χ4n) is 1.84. The Hall–Kier alpha value is -2.27. The van der Waals surface area contributed by atoms with Gasteiger partial charge in [-0.3, -0.25) is 0 Å². The average molecular weight is 225 g/mol.